The van der Waals surface area contributed by atoms with E-state index in [1.807, 2.05) is 25.1 Å². The molecule has 1 fully saturated rings. The Morgan fingerprint density at radius 1 is 1.33 bits per heavy atom. The second-order valence-electron chi connectivity index (χ2n) is 5.34. The van der Waals surface area contributed by atoms with Crippen molar-refractivity contribution in [3.05, 3.63) is 24.3 Å². The molecule has 21 heavy (non-hydrogen) atoms. The molecule has 2 amide bonds. The van der Waals surface area contributed by atoms with E-state index in [2.05, 4.69) is 17.6 Å². The van der Waals surface area contributed by atoms with Gasteiger partial charge < -0.3 is 15.4 Å². The molecule has 0 aliphatic heterocycles. The Labute approximate surface area is 125 Å². The fraction of sp³-hybridized carbons (Fsp3) is 0.500. The zero-order valence-electron chi connectivity index (χ0n) is 12.5. The minimum absolute atomic E-state index is 0.0602. The van der Waals surface area contributed by atoms with Gasteiger partial charge in [-0.1, -0.05) is 19.1 Å². The van der Waals surface area contributed by atoms with Crippen LogP contribution in [0.5, 0.6) is 5.75 Å². The number of rotatable bonds is 7. The summed E-state index contributed by atoms with van der Waals surface area (Å²) >= 11 is 0. The third kappa shape index (κ3) is 4.48. The summed E-state index contributed by atoms with van der Waals surface area (Å²) in [7, 11) is 0. The largest absolute Gasteiger partial charge is 0.492 e. The summed E-state index contributed by atoms with van der Waals surface area (Å²) in [4.78, 5) is 23.5. The average Bonchev–Trinajstić information content (AvgIpc) is 3.18. The van der Waals surface area contributed by atoms with Crippen LogP contribution in [0.4, 0.5) is 5.69 Å². The van der Waals surface area contributed by atoms with Gasteiger partial charge in [-0.25, -0.2) is 0 Å². The molecule has 1 aliphatic carbocycles. The smallest absolute Gasteiger partial charge is 0.226 e. The summed E-state index contributed by atoms with van der Waals surface area (Å²) < 4.78 is 5.45. The highest BCUT2D eigenvalue weighted by Gasteiger charge is 2.38. The monoisotopic (exact) mass is 290 g/mol. The number of nitrogens with one attached hydrogen (secondary N) is 2. The minimum Gasteiger partial charge on any atom is -0.492 e. The number of para-hydroxylation sites is 2. The maximum atomic E-state index is 11.9. The third-order valence-corrected chi connectivity index (χ3v) is 3.56. The molecule has 2 N–H and O–H groups in total. The van der Waals surface area contributed by atoms with E-state index in [1.54, 1.807) is 6.07 Å². The quantitative estimate of drug-likeness (QED) is 0.809. The first-order valence-electron chi connectivity index (χ1n) is 7.41. The van der Waals surface area contributed by atoms with Crippen LogP contribution in [0, 0.1) is 11.8 Å². The van der Waals surface area contributed by atoms with Crippen molar-refractivity contribution < 1.29 is 14.3 Å². The Morgan fingerprint density at radius 3 is 2.71 bits per heavy atom. The Bertz CT molecular complexity index is 516. The maximum absolute atomic E-state index is 11.9. The number of hydrogen-bond acceptors (Lipinski definition) is 3. The zero-order chi connectivity index (χ0) is 15.2. The van der Waals surface area contributed by atoms with Crippen LogP contribution >= 0.6 is 0 Å². The minimum atomic E-state index is -0.133. The van der Waals surface area contributed by atoms with Crippen molar-refractivity contribution in [2.75, 3.05) is 18.5 Å². The molecular formula is C16H22N2O3. The molecule has 0 spiro atoms. The van der Waals surface area contributed by atoms with Gasteiger partial charge in [0.25, 0.3) is 0 Å². The molecule has 1 aromatic rings. The second-order valence-corrected chi connectivity index (χ2v) is 5.34. The van der Waals surface area contributed by atoms with Gasteiger partial charge in [0.1, 0.15) is 5.75 Å². The summed E-state index contributed by atoms with van der Waals surface area (Å²) in [6.45, 7) is 4.86. The fourth-order valence-electron chi connectivity index (χ4n) is 2.18. The van der Waals surface area contributed by atoms with Crippen LogP contribution in [0.3, 0.4) is 0 Å². The van der Waals surface area contributed by atoms with E-state index in [1.165, 1.54) is 0 Å². The molecule has 0 bridgehead atoms. The van der Waals surface area contributed by atoms with Crippen LogP contribution in [0.25, 0.3) is 0 Å². The second kappa shape index (κ2) is 7.11. The van der Waals surface area contributed by atoms with E-state index in [4.69, 9.17) is 4.74 Å². The summed E-state index contributed by atoms with van der Waals surface area (Å²) in [5.41, 5.74) is 0.659. The number of carbonyl (C=O) groups excluding carboxylic acids is 2. The van der Waals surface area contributed by atoms with Crippen molar-refractivity contribution in [1.82, 2.24) is 5.32 Å². The molecule has 0 unspecified atom stereocenters. The molecule has 2 atom stereocenters. The highest BCUT2D eigenvalue weighted by Crippen LogP contribution is 2.37. The Kier molecular flexibility index (Phi) is 5.20. The van der Waals surface area contributed by atoms with Crippen molar-refractivity contribution >= 4 is 17.5 Å². The normalized spacial score (nSPS) is 19.7. The molecule has 5 nitrogen and oxygen atoms in total. The average molecular weight is 290 g/mol. The van der Waals surface area contributed by atoms with Gasteiger partial charge in [0, 0.05) is 18.9 Å². The molecule has 0 aromatic heterocycles. The van der Waals surface area contributed by atoms with Gasteiger partial charge in [-0.3, -0.25) is 9.59 Å². The standard InChI is InChI=1S/C16H22N2O3/c1-3-21-14-7-5-4-6-13(14)18-15(19)8-9-17-16(20)12-10-11(12)2/h4-7,11-12H,3,8-10H2,1-2H3,(H,17,20)(H,18,19)/t11-,12+/m0/s1. The molecule has 0 saturated heterocycles. The Balaban J connectivity index is 1.75. The van der Waals surface area contributed by atoms with Crippen LogP contribution in [0.15, 0.2) is 24.3 Å². The number of anilines is 1. The summed E-state index contributed by atoms with van der Waals surface area (Å²) in [6, 6.07) is 7.31. The van der Waals surface area contributed by atoms with Crippen LogP contribution in [0.2, 0.25) is 0 Å². The van der Waals surface area contributed by atoms with Gasteiger partial charge in [0.15, 0.2) is 0 Å². The van der Waals surface area contributed by atoms with E-state index < -0.39 is 0 Å². The van der Waals surface area contributed by atoms with E-state index >= 15 is 0 Å². The van der Waals surface area contributed by atoms with E-state index in [0.29, 0.717) is 30.5 Å². The van der Waals surface area contributed by atoms with Crippen LogP contribution in [-0.2, 0) is 9.59 Å². The highest BCUT2D eigenvalue weighted by molar-refractivity contribution is 5.92. The third-order valence-electron chi connectivity index (χ3n) is 3.56. The lowest BCUT2D eigenvalue weighted by atomic mass is 10.2. The van der Waals surface area contributed by atoms with Gasteiger partial charge in [-0.2, -0.15) is 0 Å². The first-order chi connectivity index (χ1) is 10.1. The molecule has 0 radical (unpaired) electrons. The molecule has 1 aliphatic rings. The predicted molar refractivity (Wildman–Crippen MR) is 81.1 cm³/mol. The first kappa shape index (κ1) is 15.4. The van der Waals surface area contributed by atoms with Gasteiger partial charge in [-0.15, -0.1) is 0 Å². The van der Waals surface area contributed by atoms with Crippen molar-refractivity contribution in [1.29, 1.82) is 0 Å². The fourth-order valence-corrected chi connectivity index (χ4v) is 2.18. The topological polar surface area (TPSA) is 67.4 Å². The molecule has 0 heterocycles. The molecule has 1 saturated carbocycles. The summed E-state index contributed by atoms with van der Waals surface area (Å²) in [5, 5.41) is 5.61. The summed E-state index contributed by atoms with van der Waals surface area (Å²) in [5.74, 6) is 1.21. The number of ether oxygens (including phenoxy) is 1. The first-order valence-corrected chi connectivity index (χ1v) is 7.41. The van der Waals surface area contributed by atoms with E-state index in [0.717, 1.165) is 6.42 Å². The predicted octanol–water partition coefficient (Wildman–Crippen LogP) is 2.19. The lowest BCUT2D eigenvalue weighted by Gasteiger charge is -2.11. The van der Waals surface area contributed by atoms with Crippen LogP contribution < -0.4 is 15.4 Å². The van der Waals surface area contributed by atoms with Crippen molar-refractivity contribution in [3.8, 4) is 5.75 Å². The van der Waals surface area contributed by atoms with Gasteiger partial charge in [-0.05, 0) is 31.4 Å². The lowest BCUT2D eigenvalue weighted by molar-refractivity contribution is -0.122. The molecule has 2 rings (SSSR count). The Hall–Kier alpha value is -2.04. The number of hydrogen-bond donors (Lipinski definition) is 2. The van der Waals surface area contributed by atoms with E-state index in [-0.39, 0.29) is 24.2 Å². The van der Waals surface area contributed by atoms with Crippen LogP contribution in [-0.4, -0.2) is 25.0 Å². The molecule has 5 heteroatoms. The summed E-state index contributed by atoms with van der Waals surface area (Å²) in [6.07, 6.45) is 1.22. The maximum Gasteiger partial charge on any atom is 0.226 e. The SMILES string of the molecule is CCOc1ccccc1NC(=O)CCNC(=O)[C@@H]1C[C@@H]1C. The number of amides is 2. The molecule has 114 valence electrons. The van der Waals surface area contributed by atoms with Gasteiger partial charge in [0.05, 0.1) is 12.3 Å². The highest BCUT2D eigenvalue weighted by atomic mass is 16.5. The Morgan fingerprint density at radius 2 is 2.05 bits per heavy atom. The number of carbonyl (C=O) groups is 2. The zero-order valence-corrected chi connectivity index (χ0v) is 12.5. The van der Waals surface area contributed by atoms with Crippen LogP contribution in [0.1, 0.15) is 26.7 Å². The van der Waals surface area contributed by atoms with Gasteiger partial charge in [0.2, 0.25) is 11.8 Å². The number of benzene rings is 1. The van der Waals surface area contributed by atoms with Crippen molar-refractivity contribution in [3.63, 3.8) is 0 Å². The van der Waals surface area contributed by atoms with Gasteiger partial charge >= 0.3 is 0 Å². The molecular weight excluding hydrogens is 268 g/mol. The molecule has 1 aromatic carbocycles. The lowest BCUT2D eigenvalue weighted by Crippen LogP contribution is -2.29. The van der Waals surface area contributed by atoms with Crippen molar-refractivity contribution in [2.45, 2.75) is 26.7 Å². The van der Waals surface area contributed by atoms with Crippen molar-refractivity contribution in [2.24, 2.45) is 11.8 Å². The van der Waals surface area contributed by atoms with E-state index in [9.17, 15) is 9.59 Å².